The summed E-state index contributed by atoms with van der Waals surface area (Å²) >= 11 is 0. The molecule has 4 atom stereocenters. The van der Waals surface area contributed by atoms with Crippen LogP contribution in [0.3, 0.4) is 0 Å². The Morgan fingerprint density at radius 1 is 1.06 bits per heavy atom. The van der Waals surface area contributed by atoms with Crippen molar-refractivity contribution in [2.45, 2.75) is 75.7 Å². The van der Waals surface area contributed by atoms with Gasteiger partial charge in [-0.2, -0.15) is 13.2 Å². The van der Waals surface area contributed by atoms with Gasteiger partial charge < -0.3 is 10.4 Å². The van der Waals surface area contributed by atoms with E-state index in [1.807, 2.05) is 0 Å². The number of aryl methyl sites for hydroxylation is 1. The normalized spacial score (nSPS) is 25.6. The lowest BCUT2D eigenvalue weighted by molar-refractivity contribution is -0.228. The number of aliphatic hydroxyl groups is 1. The fraction of sp³-hybridized carbons (Fsp3) is 0.536. The molecule has 2 aromatic carbocycles. The number of carbonyl (C=O) groups excluding carboxylic acids is 1. The van der Waals surface area contributed by atoms with E-state index in [1.54, 1.807) is 32.0 Å². The number of carbonyl (C=O) groups is 1. The van der Waals surface area contributed by atoms with E-state index in [0.717, 1.165) is 11.1 Å². The molecule has 3 nitrogen and oxygen atoms in total. The van der Waals surface area contributed by atoms with E-state index in [9.17, 15) is 31.9 Å². The maximum Gasteiger partial charge on any atom is 0.426 e. The summed E-state index contributed by atoms with van der Waals surface area (Å²) in [5, 5.41) is 12.9. The molecule has 0 heterocycles. The monoisotopic (exact) mass is 509 g/mol. The van der Waals surface area contributed by atoms with Gasteiger partial charge in [-0.25, -0.2) is 8.78 Å². The van der Waals surface area contributed by atoms with Crippen LogP contribution in [-0.2, 0) is 28.7 Å². The van der Waals surface area contributed by atoms with Crippen LogP contribution in [0.4, 0.5) is 22.0 Å². The molecule has 0 aromatic heterocycles. The van der Waals surface area contributed by atoms with Crippen molar-refractivity contribution in [1.82, 2.24) is 5.32 Å². The lowest BCUT2D eigenvalue weighted by atomic mass is 9.60. The van der Waals surface area contributed by atoms with Crippen molar-refractivity contribution in [2.75, 3.05) is 6.54 Å². The van der Waals surface area contributed by atoms with Crippen LogP contribution in [0.15, 0.2) is 42.5 Å². The van der Waals surface area contributed by atoms with Crippen molar-refractivity contribution in [1.29, 1.82) is 0 Å². The fourth-order valence-corrected chi connectivity index (χ4v) is 6.08. The molecule has 1 fully saturated rings. The number of nitrogens with one attached hydrogen (secondary N) is 1. The highest BCUT2D eigenvalue weighted by molar-refractivity contribution is 5.80. The molecular weight excluding hydrogens is 477 g/mol. The maximum absolute atomic E-state index is 14.8. The number of halogens is 5. The number of hydrogen-bond donors (Lipinski definition) is 2. The maximum atomic E-state index is 14.8. The van der Waals surface area contributed by atoms with Crippen LogP contribution in [0.1, 0.15) is 62.3 Å². The van der Waals surface area contributed by atoms with Gasteiger partial charge in [-0.3, -0.25) is 4.79 Å². The molecule has 0 aliphatic heterocycles. The quantitative estimate of drug-likeness (QED) is 0.476. The Labute approximate surface area is 208 Å². The van der Waals surface area contributed by atoms with Crippen molar-refractivity contribution in [3.05, 3.63) is 70.5 Å². The zero-order chi connectivity index (χ0) is 26.5. The van der Waals surface area contributed by atoms with Gasteiger partial charge in [0.15, 0.2) is 0 Å². The van der Waals surface area contributed by atoms with E-state index in [-0.39, 0.29) is 30.1 Å². The van der Waals surface area contributed by atoms with E-state index in [4.69, 9.17) is 0 Å². The van der Waals surface area contributed by atoms with E-state index < -0.39 is 28.4 Å². The molecule has 2 N–H and O–H groups in total. The van der Waals surface area contributed by atoms with E-state index >= 15 is 0 Å². The minimum absolute atomic E-state index is 0.0953. The molecule has 2 aromatic rings. The van der Waals surface area contributed by atoms with Crippen LogP contribution < -0.4 is 5.32 Å². The van der Waals surface area contributed by atoms with Gasteiger partial charge in [0.1, 0.15) is 5.82 Å². The summed E-state index contributed by atoms with van der Waals surface area (Å²) in [5.41, 5.74) is -3.15. The minimum Gasteiger partial charge on any atom is -0.389 e. The third-order valence-electron chi connectivity index (χ3n) is 8.00. The molecule has 4 rings (SSSR count). The average Bonchev–Trinajstić information content (AvgIpc) is 3.17. The molecule has 1 amide bonds. The molecule has 0 saturated heterocycles. The van der Waals surface area contributed by atoms with Gasteiger partial charge in [0.05, 0.1) is 5.60 Å². The van der Waals surface area contributed by atoms with Crippen molar-refractivity contribution in [3.8, 4) is 0 Å². The van der Waals surface area contributed by atoms with Gasteiger partial charge in [0.2, 0.25) is 11.6 Å². The summed E-state index contributed by atoms with van der Waals surface area (Å²) in [6, 6.07) is 10.3. The van der Waals surface area contributed by atoms with Crippen molar-refractivity contribution in [2.24, 2.45) is 11.8 Å². The van der Waals surface area contributed by atoms with Crippen molar-refractivity contribution < 1.29 is 31.9 Å². The van der Waals surface area contributed by atoms with Gasteiger partial charge in [0, 0.05) is 17.9 Å². The Hall–Kier alpha value is -2.48. The summed E-state index contributed by atoms with van der Waals surface area (Å²) in [4.78, 5) is 13.1. The second-order valence-electron chi connectivity index (χ2n) is 11.2. The first kappa shape index (κ1) is 26.6. The molecule has 0 spiro atoms. The first-order valence-electron chi connectivity index (χ1n) is 12.3. The number of fused-ring (bicyclic) bond motifs is 3. The Morgan fingerprint density at radius 2 is 1.72 bits per heavy atom. The lowest BCUT2D eigenvalue weighted by Gasteiger charge is -2.43. The standard InChI is InChI=1S/C28H32F5NO2/c1-25(2,36)16-34-24(35)21-12-13-27(15-17-4-8-20(29)9-5-17)22-11-7-19(26(3,30)28(31,32)33)14-18(22)6-10-23(21)27/h4-5,7-9,11,14,21,23,36H,6,10,12-13,15-16H2,1-3H3,(H,34,35)/t21-,23+,26?,27-/m1/s1. The predicted molar refractivity (Wildman–Crippen MR) is 127 cm³/mol. The third kappa shape index (κ3) is 4.89. The van der Waals surface area contributed by atoms with E-state index in [1.165, 1.54) is 24.3 Å². The van der Waals surface area contributed by atoms with Gasteiger partial charge in [-0.1, -0.05) is 30.3 Å². The van der Waals surface area contributed by atoms with Crippen LogP contribution in [0.25, 0.3) is 0 Å². The molecule has 2 aliphatic carbocycles. The van der Waals surface area contributed by atoms with Crippen LogP contribution >= 0.6 is 0 Å². The Morgan fingerprint density at radius 3 is 2.33 bits per heavy atom. The van der Waals surface area contributed by atoms with Crippen LogP contribution in [-0.4, -0.2) is 29.3 Å². The first-order chi connectivity index (χ1) is 16.6. The summed E-state index contributed by atoms with van der Waals surface area (Å²) in [5.74, 6) is -0.952. The molecule has 0 radical (unpaired) electrons. The van der Waals surface area contributed by atoms with E-state index in [0.29, 0.717) is 44.6 Å². The lowest BCUT2D eigenvalue weighted by Crippen LogP contribution is -2.46. The topological polar surface area (TPSA) is 49.3 Å². The van der Waals surface area contributed by atoms with Crippen LogP contribution in [0, 0.1) is 17.7 Å². The van der Waals surface area contributed by atoms with Crippen LogP contribution in [0.2, 0.25) is 0 Å². The Kier molecular flexibility index (Phi) is 6.73. The van der Waals surface area contributed by atoms with Crippen molar-refractivity contribution >= 4 is 5.91 Å². The second-order valence-corrected chi connectivity index (χ2v) is 11.2. The number of rotatable bonds is 6. The zero-order valence-electron chi connectivity index (χ0n) is 20.7. The molecule has 36 heavy (non-hydrogen) atoms. The highest BCUT2D eigenvalue weighted by Crippen LogP contribution is 2.57. The number of hydrogen-bond acceptors (Lipinski definition) is 2. The van der Waals surface area contributed by atoms with Gasteiger partial charge in [0.25, 0.3) is 0 Å². The predicted octanol–water partition coefficient (Wildman–Crippen LogP) is 5.91. The molecular formula is C28H32F5NO2. The molecule has 1 saturated carbocycles. The van der Waals surface area contributed by atoms with E-state index in [2.05, 4.69) is 5.32 Å². The number of benzene rings is 2. The SMILES string of the molecule is CC(C)(O)CNC(=O)[C@@H]1CC[C@@]2(Cc3ccc(F)cc3)c3ccc(C(C)(F)C(F)(F)F)cc3CC[C@@H]12. The highest BCUT2D eigenvalue weighted by Gasteiger charge is 2.56. The van der Waals surface area contributed by atoms with Gasteiger partial charge in [-0.15, -0.1) is 0 Å². The molecule has 2 aliphatic rings. The smallest absolute Gasteiger partial charge is 0.389 e. The highest BCUT2D eigenvalue weighted by atomic mass is 19.4. The summed E-state index contributed by atoms with van der Waals surface area (Å²) < 4.78 is 68.5. The molecule has 1 unspecified atom stereocenters. The van der Waals surface area contributed by atoms with Crippen molar-refractivity contribution in [3.63, 3.8) is 0 Å². The minimum atomic E-state index is -5.04. The number of alkyl halides is 4. The largest absolute Gasteiger partial charge is 0.426 e. The van der Waals surface area contributed by atoms with Crippen LogP contribution in [0.5, 0.6) is 0 Å². The average molecular weight is 510 g/mol. The second kappa shape index (κ2) is 9.12. The molecule has 196 valence electrons. The third-order valence-corrected chi connectivity index (χ3v) is 8.00. The molecule has 8 heteroatoms. The fourth-order valence-electron chi connectivity index (χ4n) is 6.08. The van der Waals surface area contributed by atoms with Gasteiger partial charge in [-0.05, 0) is 93.2 Å². The summed E-state index contributed by atoms with van der Waals surface area (Å²) in [6.45, 7) is 3.85. The summed E-state index contributed by atoms with van der Waals surface area (Å²) in [7, 11) is 0. The summed E-state index contributed by atoms with van der Waals surface area (Å²) in [6.07, 6.45) is -2.36. The van der Waals surface area contributed by atoms with Gasteiger partial charge >= 0.3 is 6.18 Å². The first-order valence-corrected chi connectivity index (χ1v) is 12.3. The molecule has 0 bridgehead atoms. The Bertz CT molecular complexity index is 1120. The Balaban J connectivity index is 1.74. The zero-order valence-corrected chi connectivity index (χ0v) is 20.7. The number of amides is 1.